The molecule has 0 aliphatic carbocycles. The first kappa shape index (κ1) is 21.4. The number of aromatic nitrogens is 2. The predicted molar refractivity (Wildman–Crippen MR) is 129 cm³/mol. The Kier molecular flexibility index (Phi) is 5.96. The summed E-state index contributed by atoms with van der Waals surface area (Å²) in [4.78, 5) is 21.3. The molecule has 1 amide bonds. The van der Waals surface area contributed by atoms with Crippen LogP contribution in [-0.2, 0) is 21.4 Å². The summed E-state index contributed by atoms with van der Waals surface area (Å²) in [7, 11) is 0. The molecule has 1 aromatic heterocycles. The molecule has 1 saturated heterocycles. The van der Waals surface area contributed by atoms with E-state index in [1.807, 2.05) is 36.4 Å². The van der Waals surface area contributed by atoms with Gasteiger partial charge < -0.3 is 21.1 Å². The molecule has 0 unspecified atom stereocenters. The SMILES string of the molecule is Nc1nc(CC[C@H]2C(=O)Nc3ccccc32)cc(NCC2(c3ccccc3)CCOCC2)n1. The van der Waals surface area contributed by atoms with Crippen molar-refractivity contribution in [1.29, 1.82) is 0 Å². The number of fused-ring (bicyclic) bond motifs is 1. The van der Waals surface area contributed by atoms with Crippen molar-refractivity contribution in [2.45, 2.75) is 37.0 Å². The van der Waals surface area contributed by atoms with Crippen molar-refractivity contribution in [3.63, 3.8) is 0 Å². The maximum absolute atomic E-state index is 12.4. The molecule has 2 aliphatic rings. The molecule has 1 fully saturated rings. The smallest absolute Gasteiger partial charge is 0.232 e. The molecule has 5 rings (SSSR count). The molecule has 2 aliphatic heterocycles. The van der Waals surface area contributed by atoms with Crippen molar-refractivity contribution in [3.05, 3.63) is 77.5 Å². The topological polar surface area (TPSA) is 102 Å². The third-order valence-electron chi connectivity index (χ3n) is 6.84. The van der Waals surface area contributed by atoms with Crippen LogP contribution >= 0.6 is 0 Å². The van der Waals surface area contributed by atoms with E-state index in [1.54, 1.807) is 0 Å². The molecule has 3 aromatic rings. The van der Waals surface area contributed by atoms with Crippen LogP contribution in [0.1, 0.15) is 42.0 Å². The Labute approximate surface area is 193 Å². The van der Waals surface area contributed by atoms with Crippen LogP contribution in [0.5, 0.6) is 0 Å². The largest absolute Gasteiger partial charge is 0.381 e. The van der Waals surface area contributed by atoms with E-state index in [-0.39, 0.29) is 23.2 Å². The van der Waals surface area contributed by atoms with Gasteiger partial charge in [0, 0.05) is 42.6 Å². The number of hydrogen-bond donors (Lipinski definition) is 3. The van der Waals surface area contributed by atoms with Gasteiger partial charge in [0.05, 0.1) is 5.92 Å². The van der Waals surface area contributed by atoms with Gasteiger partial charge in [-0.3, -0.25) is 4.79 Å². The van der Waals surface area contributed by atoms with E-state index in [0.717, 1.165) is 55.4 Å². The average molecular weight is 444 g/mol. The number of nitrogens with zero attached hydrogens (tertiary/aromatic N) is 2. The lowest BCUT2D eigenvalue weighted by Crippen LogP contribution is -2.40. The Morgan fingerprint density at radius 2 is 1.82 bits per heavy atom. The van der Waals surface area contributed by atoms with E-state index in [1.165, 1.54) is 5.56 Å². The van der Waals surface area contributed by atoms with Crippen LogP contribution in [0.4, 0.5) is 17.5 Å². The zero-order chi connectivity index (χ0) is 22.7. The third-order valence-corrected chi connectivity index (χ3v) is 6.84. The molecule has 7 nitrogen and oxygen atoms in total. The first-order chi connectivity index (χ1) is 16.1. The van der Waals surface area contributed by atoms with Gasteiger partial charge in [-0.25, -0.2) is 4.98 Å². The summed E-state index contributed by atoms with van der Waals surface area (Å²) in [5.41, 5.74) is 10.1. The van der Waals surface area contributed by atoms with Crippen molar-refractivity contribution in [1.82, 2.24) is 9.97 Å². The highest BCUT2D eigenvalue weighted by Crippen LogP contribution is 2.36. The van der Waals surface area contributed by atoms with Crippen LogP contribution in [-0.4, -0.2) is 35.6 Å². The summed E-state index contributed by atoms with van der Waals surface area (Å²) in [5.74, 6) is 0.834. The number of para-hydroxylation sites is 1. The quantitative estimate of drug-likeness (QED) is 0.512. The molecule has 7 heteroatoms. The molecular weight excluding hydrogens is 414 g/mol. The van der Waals surface area contributed by atoms with Gasteiger partial charge in [-0.15, -0.1) is 0 Å². The van der Waals surface area contributed by atoms with Crippen LogP contribution in [0.3, 0.4) is 0 Å². The van der Waals surface area contributed by atoms with Crippen molar-refractivity contribution < 1.29 is 9.53 Å². The van der Waals surface area contributed by atoms with E-state index >= 15 is 0 Å². The Bertz CT molecular complexity index is 1130. The maximum atomic E-state index is 12.4. The minimum Gasteiger partial charge on any atom is -0.381 e. The number of nitrogens with two attached hydrogens (primary N) is 1. The normalized spacial score (nSPS) is 19.0. The lowest BCUT2D eigenvalue weighted by atomic mass is 9.74. The number of carbonyl (C=O) groups is 1. The monoisotopic (exact) mass is 443 g/mol. The molecule has 1 atom stereocenters. The molecule has 0 spiro atoms. The fraction of sp³-hybridized carbons (Fsp3) is 0.346. The van der Waals surface area contributed by atoms with E-state index in [4.69, 9.17) is 10.5 Å². The maximum Gasteiger partial charge on any atom is 0.232 e. The fourth-order valence-corrected chi connectivity index (χ4v) is 4.97. The summed E-state index contributed by atoms with van der Waals surface area (Å²) in [5, 5.41) is 6.49. The van der Waals surface area contributed by atoms with Gasteiger partial charge in [0.2, 0.25) is 11.9 Å². The lowest BCUT2D eigenvalue weighted by molar-refractivity contribution is -0.117. The molecule has 4 N–H and O–H groups in total. The zero-order valence-electron chi connectivity index (χ0n) is 18.6. The van der Waals surface area contributed by atoms with Gasteiger partial charge in [0.1, 0.15) is 5.82 Å². The fourth-order valence-electron chi connectivity index (χ4n) is 4.97. The second-order valence-electron chi connectivity index (χ2n) is 8.88. The van der Waals surface area contributed by atoms with Gasteiger partial charge in [-0.05, 0) is 42.9 Å². The molecular formula is C26H29N5O2. The number of amides is 1. The number of nitrogens with one attached hydrogen (secondary N) is 2. The van der Waals surface area contributed by atoms with E-state index in [9.17, 15) is 4.79 Å². The standard InChI is InChI=1S/C26H29N5O2/c27-25-29-19(10-11-21-20-8-4-5-9-22(20)30-24(21)32)16-23(31-25)28-17-26(12-14-33-15-13-26)18-6-2-1-3-7-18/h1-9,16,21H,10-15,17H2,(H,30,32)(H3,27,28,29,31)/t21-/m1/s1. The van der Waals surface area contributed by atoms with Crippen LogP contribution < -0.4 is 16.4 Å². The predicted octanol–water partition coefficient (Wildman–Crippen LogP) is 3.89. The van der Waals surface area contributed by atoms with Crippen LogP contribution in [0.2, 0.25) is 0 Å². The Balaban J connectivity index is 1.29. The van der Waals surface area contributed by atoms with Gasteiger partial charge in [0.25, 0.3) is 0 Å². The van der Waals surface area contributed by atoms with Crippen LogP contribution in [0.25, 0.3) is 0 Å². The molecule has 0 saturated carbocycles. The van der Waals surface area contributed by atoms with Crippen molar-refractivity contribution in [3.8, 4) is 0 Å². The molecule has 3 heterocycles. The zero-order valence-corrected chi connectivity index (χ0v) is 18.6. The summed E-state index contributed by atoms with van der Waals surface area (Å²) in [6.45, 7) is 2.24. The van der Waals surface area contributed by atoms with Crippen LogP contribution in [0.15, 0.2) is 60.7 Å². The first-order valence-electron chi connectivity index (χ1n) is 11.5. The van der Waals surface area contributed by atoms with Gasteiger partial charge in [-0.1, -0.05) is 48.5 Å². The van der Waals surface area contributed by atoms with E-state index in [2.05, 4.69) is 44.9 Å². The lowest BCUT2D eigenvalue weighted by Gasteiger charge is -2.38. The molecule has 170 valence electrons. The van der Waals surface area contributed by atoms with Crippen LogP contribution in [0, 0.1) is 0 Å². The average Bonchev–Trinajstić information content (AvgIpc) is 3.17. The summed E-state index contributed by atoms with van der Waals surface area (Å²) in [6, 6.07) is 20.4. The Morgan fingerprint density at radius 3 is 2.64 bits per heavy atom. The van der Waals surface area contributed by atoms with E-state index in [0.29, 0.717) is 12.8 Å². The number of aryl methyl sites for hydroxylation is 1. The van der Waals surface area contributed by atoms with Crippen molar-refractivity contribution in [2.75, 3.05) is 36.1 Å². The number of ether oxygens (including phenoxy) is 1. The van der Waals surface area contributed by atoms with Gasteiger partial charge >= 0.3 is 0 Å². The Morgan fingerprint density at radius 1 is 1.06 bits per heavy atom. The number of hydrogen-bond acceptors (Lipinski definition) is 6. The minimum absolute atomic E-state index is 0.00890. The second-order valence-corrected chi connectivity index (χ2v) is 8.88. The van der Waals surface area contributed by atoms with Gasteiger partial charge in [0.15, 0.2) is 0 Å². The number of rotatable bonds is 7. The van der Waals surface area contributed by atoms with Crippen molar-refractivity contribution in [2.24, 2.45) is 0 Å². The number of carbonyl (C=O) groups excluding carboxylic acids is 1. The van der Waals surface area contributed by atoms with Crippen molar-refractivity contribution >= 4 is 23.4 Å². The first-order valence-corrected chi connectivity index (χ1v) is 11.5. The third kappa shape index (κ3) is 4.54. The summed E-state index contributed by atoms with van der Waals surface area (Å²) >= 11 is 0. The van der Waals surface area contributed by atoms with Gasteiger partial charge in [-0.2, -0.15) is 4.98 Å². The number of nitrogen functional groups attached to an aromatic ring is 1. The highest BCUT2D eigenvalue weighted by Gasteiger charge is 2.34. The highest BCUT2D eigenvalue weighted by molar-refractivity contribution is 6.02. The number of benzene rings is 2. The van der Waals surface area contributed by atoms with E-state index < -0.39 is 0 Å². The summed E-state index contributed by atoms with van der Waals surface area (Å²) in [6.07, 6.45) is 3.22. The molecule has 2 aromatic carbocycles. The molecule has 0 bridgehead atoms. The Hall–Kier alpha value is -3.45. The molecule has 0 radical (unpaired) electrons. The molecule has 33 heavy (non-hydrogen) atoms. The minimum atomic E-state index is -0.169. The second kappa shape index (κ2) is 9.19. The summed E-state index contributed by atoms with van der Waals surface area (Å²) < 4.78 is 5.64. The highest BCUT2D eigenvalue weighted by atomic mass is 16.5. The number of anilines is 3.